The maximum absolute atomic E-state index is 12.7. The summed E-state index contributed by atoms with van der Waals surface area (Å²) in [6.45, 7) is 1.62. The molecule has 1 unspecified atom stereocenters. The van der Waals surface area contributed by atoms with Crippen LogP contribution in [0.3, 0.4) is 0 Å². The first kappa shape index (κ1) is 15.3. The van der Waals surface area contributed by atoms with Gasteiger partial charge >= 0.3 is 6.18 Å². The van der Waals surface area contributed by atoms with E-state index < -0.39 is 17.8 Å². The fourth-order valence-corrected chi connectivity index (χ4v) is 3.24. The van der Waals surface area contributed by atoms with Crippen LogP contribution in [0.15, 0.2) is 29.6 Å². The fourth-order valence-electron chi connectivity index (χ4n) is 1.99. The van der Waals surface area contributed by atoms with Gasteiger partial charge in [0, 0.05) is 4.88 Å². The first-order valence-corrected chi connectivity index (χ1v) is 6.97. The second kappa shape index (κ2) is 5.73. The summed E-state index contributed by atoms with van der Waals surface area (Å²) in [5.74, 6) is 5.53. The van der Waals surface area contributed by atoms with Gasteiger partial charge in [0.1, 0.15) is 0 Å². The summed E-state index contributed by atoms with van der Waals surface area (Å²) >= 11 is 7.45. The standard InChI is InChI=1S/C13H12ClF3N2S/c1-7-6-8(13(15,16)17)2-3-9(7)11(19-18)12-10(14)4-5-20-12/h2-6,11,19H,18H2,1H3. The van der Waals surface area contributed by atoms with E-state index in [1.807, 2.05) is 0 Å². The molecule has 2 nitrogen and oxygen atoms in total. The zero-order valence-corrected chi connectivity index (χ0v) is 12.0. The molecular weight excluding hydrogens is 309 g/mol. The lowest BCUT2D eigenvalue weighted by Crippen LogP contribution is -2.29. The Morgan fingerprint density at radius 2 is 2.00 bits per heavy atom. The van der Waals surface area contributed by atoms with Gasteiger partial charge in [-0.15, -0.1) is 11.3 Å². The number of nitrogens with one attached hydrogen (secondary N) is 1. The highest BCUT2D eigenvalue weighted by Crippen LogP contribution is 2.36. The van der Waals surface area contributed by atoms with Gasteiger partial charge in [-0.25, -0.2) is 5.43 Å². The molecule has 0 aliphatic rings. The van der Waals surface area contributed by atoms with Crippen LogP contribution in [0.2, 0.25) is 5.02 Å². The summed E-state index contributed by atoms with van der Waals surface area (Å²) in [6.07, 6.45) is -4.35. The molecule has 3 N–H and O–H groups in total. The lowest BCUT2D eigenvalue weighted by atomic mass is 9.98. The number of benzene rings is 1. The molecule has 0 saturated carbocycles. The molecule has 0 fully saturated rings. The molecule has 20 heavy (non-hydrogen) atoms. The molecule has 2 rings (SSSR count). The Kier molecular flexibility index (Phi) is 4.39. The normalized spacial score (nSPS) is 13.5. The number of halogens is 4. The summed E-state index contributed by atoms with van der Waals surface area (Å²) in [4.78, 5) is 0.775. The Morgan fingerprint density at radius 3 is 2.45 bits per heavy atom. The molecule has 1 heterocycles. The van der Waals surface area contributed by atoms with Crippen molar-refractivity contribution in [1.82, 2.24) is 5.43 Å². The molecule has 0 aliphatic heterocycles. The largest absolute Gasteiger partial charge is 0.416 e. The molecule has 0 bridgehead atoms. The van der Waals surface area contributed by atoms with Crippen molar-refractivity contribution in [2.45, 2.75) is 19.1 Å². The molecule has 1 atom stereocenters. The Labute approximate surface area is 123 Å². The zero-order valence-electron chi connectivity index (χ0n) is 10.5. The average molecular weight is 321 g/mol. The van der Waals surface area contributed by atoms with E-state index >= 15 is 0 Å². The summed E-state index contributed by atoms with van der Waals surface area (Å²) in [5.41, 5.74) is 3.11. The number of hydrazine groups is 1. The predicted octanol–water partition coefficient (Wildman–Crippen LogP) is 4.28. The molecule has 0 saturated heterocycles. The zero-order chi connectivity index (χ0) is 14.9. The van der Waals surface area contributed by atoms with Crippen LogP contribution in [0.4, 0.5) is 13.2 Å². The van der Waals surface area contributed by atoms with Crippen molar-refractivity contribution in [1.29, 1.82) is 0 Å². The van der Waals surface area contributed by atoms with Crippen molar-refractivity contribution in [2.75, 3.05) is 0 Å². The van der Waals surface area contributed by atoms with Gasteiger partial charge in [0.2, 0.25) is 0 Å². The van der Waals surface area contributed by atoms with E-state index in [2.05, 4.69) is 5.43 Å². The van der Waals surface area contributed by atoms with Crippen LogP contribution < -0.4 is 11.3 Å². The topological polar surface area (TPSA) is 38.0 Å². The highest BCUT2D eigenvalue weighted by Gasteiger charge is 2.31. The molecule has 2 aromatic rings. The molecule has 108 valence electrons. The Morgan fingerprint density at radius 1 is 1.30 bits per heavy atom. The molecular formula is C13H12ClF3N2S. The number of hydrogen-bond acceptors (Lipinski definition) is 3. The van der Waals surface area contributed by atoms with Crippen molar-refractivity contribution in [3.63, 3.8) is 0 Å². The van der Waals surface area contributed by atoms with Crippen molar-refractivity contribution in [3.8, 4) is 0 Å². The van der Waals surface area contributed by atoms with Crippen LogP contribution >= 0.6 is 22.9 Å². The monoisotopic (exact) mass is 320 g/mol. The van der Waals surface area contributed by atoms with Gasteiger partial charge in [-0.3, -0.25) is 5.84 Å². The summed E-state index contributed by atoms with van der Waals surface area (Å²) in [7, 11) is 0. The Bertz CT molecular complexity index is 610. The van der Waals surface area contributed by atoms with E-state index in [1.165, 1.54) is 17.4 Å². The van der Waals surface area contributed by atoms with Gasteiger partial charge in [-0.2, -0.15) is 13.2 Å². The van der Waals surface area contributed by atoms with Crippen LogP contribution in [0, 0.1) is 6.92 Å². The molecule has 1 aromatic carbocycles. The van der Waals surface area contributed by atoms with Crippen LogP contribution in [-0.4, -0.2) is 0 Å². The summed E-state index contributed by atoms with van der Waals surface area (Å²) in [5, 5.41) is 2.35. The minimum Gasteiger partial charge on any atom is -0.271 e. The lowest BCUT2D eigenvalue weighted by Gasteiger charge is -2.19. The average Bonchev–Trinajstić information content (AvgIpc) is 2.77. The highest BCUT2D eigenvalue weighted by molar-refractivity contribution is 7.10. The number of hydrogen-bond donors (Lipinski definition) is 2. The van der Waals surface area contributed by atoms with Crippen molar-refractivity contribution < 1.29 is 13.2 Å². The maximum atomic E-state index is 12.7. The van der Waals surface area contributed by atoms with E-state index in [1.54, 1.807) is 18.4 Å². The number of alkyl halides is 3. The first-order valence-electron chi connectivity index (χ1n) is 5.71. The predicted molar refractivity (Wildman–Crippen MR) is 74.7 cm³/mol. The third-order valence-corrected chi connectivity index (χ3v) is 4.41. The van der Waals surface area contributed by atoms with Gasteiger partial charge in [0.25, 0.3) is 0 Å². The van der Waals surface area contributed by atoms with Gasteiger partial charge in [0.05, 0.1) is 16.6 Å². The van der Waals surface area contributed by atoms with Gasteiger partial charge < -0.3 is 0 Å². The Balaban J connectivity index is 2.44. The minimum absolute atomic E-state index is 0.426. The van der Waals surface area contributed by atoms with E-state index in [4.69, 9.17) is 17.4 Å². The van der Waals surface area contributed by atoms with E-state index in [9.17, 15) is 13.2 Å². The molecule has 0 amide bonds. The van der Waals surface area contributed by atoms with Crippen molar-refractivity contribution in [2.24, 2.45) is 5.84 Å². The number of aryl methyl sites for hydroxylation is 1. The second-order valence-corrected chi connectivity index (χ2v) is 5.66. The molecule has 0 radical (unpaired) electrons. The number of thiophene rings is 1. The molecule has 0 aliphatic carbocycles. The minimum atomic E-state index is -4.35. The second-order valence-electron chi connectivity index (χ2n) is 4.30. The van der Waals surface area contributed by atoms with Gasteiger partial charge in [-0.1, -0.05) is 17.7 Å². The molecule has 1 aromatic heterocycles. The molecule has 7 heteroatoms. The summed E-state index contributed by atoms with van der Waals surface area (Å²) < 4.78 is 38.0. The fraction of sp³-hybridized carbons (Fsp3) is 0.231. The smallest absolute Gasteiger partial charge is 0.271 e. The molecule has 0 spiro atoms. The van der Waals surface area contributed by atoms with Crippen LogP contribution in [0.25, 0.3) is 0 Å². The van der Waals surface area contributed by atoms with Crippen LogP contribution in [0.1, 0.15) is 27.6 Å². The van der Waals surface area contributed by atoms with Crippen LogP contribution in [-0.2, 0) is 6.18 Å². The van der Waals surface area contributed by atoms with E-state index in [0.29, 0.717) is 16.1 Å². The quantitative estimate of drug-likeness (QED) is 0.654. The third kappa shape index (κ3) is 2.98. The number of nitrogens with two attached hydrogens (primary N) is 1. The Hall–Kier alpha value is -1.08. The van der Waals surface area contributed by atoms with Gasteiger partial charge in [-0.05, 0) is 41.6 Å². The summed E-state index contributed by atoms with van der Waals surface area (Å²) in [6, 6.07) is 4.89. The lowest BCUT2D eigenvalue weighted by molar-refractivity contribution is -0.137. The van der Waals surface area contributed by atoms with Crippen LogP contribution in [0.5, 0.6) is 0 Å². The highest BCUT2D eigenvalue weighted by atomic mass is 35.5. The van der Waals surface area contributed by atoms with E-state index in [-0.39, 0.29) is 0 Å². The SMILES string of the molecule is Cc1cc(C(F)(F)F)ccc1C(NN)c1sccc1Cl. The number of rotatable bonds is 3. The van der Waals surface area contributed by atoms with E-state index in [0.717, 1.165) is 17.0 Å². The van der Waals surface area contributed by atoms with Gasteiger partial charge in [0.15, 0.2) is 0 Å². The third-order valence-electron chi connectivity index (χ3n) is 2.98. The van der Waals surface area contributed by atoms with Crippen molar-refractivity contribution in [3.05, 3.63) is 56.2 Å². The first-order chi connectivity index (χ1) is 9.34. The maximum Gasteiger partial charge on any atom is 0.416 e. The van der Waals surface area contributed by atoms with Crippen molar-refractivity contribution >= 4 is 22.9 Å².